The molecule has 2 rings (SSSR count). The van der Waals surface area contributed by atoms with Gasteiger partial charge in [0.25, 0.3) is 5.56 Å². The van der Waals surface area contributed by atoms with Crippen molar-refractivity contribution in [3.8, 4) is 0 Å². The summed E-state index contributed by atoms with van der Waals surface area (Å²) >= 11 is 1.65. The second-order valence-electron chi connectivity index (χ2n) is 5.05. The minimum Gasteiger partial charge on any atom is -0.280 e. The molecular formula is C15H21N3O2S. The van der Waals surface area contributed by atoms with E-state index >= 15 is 0 Å². The van der Waals surface area contributed by atoms with Gasteiger partial charge in [0.15, 0.2) is 0 Å². The molecule has 2 aromatic rings. The highest BCUT2D eigenvalue weighted by Crippen LogP contribution is 2.28. The molecule has 2 heterocycles. The molecule has 0 fully saturated rings. The molecule has 0 aliphatic heterocycles. The second kappa shape index (κ2) is 6.47. The van der Waals surface area contributed by atoms with Crippen LogP contribution in [0.3, 0.4) is 0 Å². The molecule has 0 bridgehead atoms. The summed E-state index contributed by atoms with van der Waals surface area (Å²) in [5.74, 6) is 0.879. The smallest absolute Gasteiger partial charge is 0.280 e. The van der Waals surface area contributed by atoms with Crippen LogP contribution in [0.4, 0.5) is 0 Å². The van der Waals surface area contributed by atoms with Gasteiger partial charge in [-0.15, -0.1) is 11.8 Å². The van der Waals surface area contributed by atoms with E-state index in [1.165, 1.54) is 11.6 Å². The highest BCUT2D eigenvalue weighted by Gasteiger charge is 2.16. The summed E-state index contributed by atoms with van der Waals surface area (Å²) in [6.07, 6.45) is 4.89. The first kappa shape index (κ1) is 15.8. The predicted molar refractivity (Wildman–Crippen MR) is 87.2 cm³/mol. The lowest BCUT2D eigenvalue weighted by Crippen LogP contribution is -2.37. The topological polar surface area (TPSA) is 56.9 Å². The number of fused-ring (bicyclic) bond motifs is 1. The molecule has 0 radical (unpaired) electrons. The van der Waals surface area contributed by atoms with Crippen LogP contribution in [-0.2, 0) is 20.5 Å². The molecular weight excluding hydrogens is 286 g/mol. The number of hydrogen-bond acceptors (Lipinski definition) is 4. The van der Waals surface area contributed by atoms with Crippen LogP contribution in [0, 0.1) is 0 Å². The largest absolute Gasteiger partial charge is 0.332 e. The van der Waals surface area contributed by atoms with Gasteiger partial charge in [0.2, 0.25) is 0 Å². The first-order chi connectivity index (χ1) is 10.0. The number of thioether (sulfide) groups is 1. The van der Waals surface area contributed by atoms with Crippen molar-refractivity contribution in [1.29, 1.82) is 0 Å². The summed E-state index contributed by atoms with van der Waals surface area (Å²) in [6, 6.07) is 0. The van der Waals surface area contributed by atoms with Crippen molar-refractivity contribution < 1.29 is 0 Å². The lowest BCUT2D eigenvalue weighted by atomic mass is 10.1. The number of hydrogen-bond donors (Lipinski definition) is 0. The van der Waals surface area contributed by atoms with Gasteiger partial charge in [0, 0.05) is 25.2 Å². The quantitative estimate of drug-likeness (QED) is 0.794. The molecule has 21 heavy (non-hydrogen) atoms. The lowest BCUT2D eigenvalue weighted by Gasteiger charge is -2.13. The summed E-state index contributed by atoms with van der Waals surface area (Å²) in [5.41, 5.74) is 0.981. The Kier molecular flexibility index (Phi) is 4.88. The minimum atomic E-state index is -0.339. The maximum atomic E-state index is 12.5. The zero-order valence-electron chi connectivity index (χ0n) is 13.0. The first-order valence-corrected chi connectivity index (χ1v) is 8.21. The summed E-state index contributed by atoms with van der Waals surface area (Å²) in [6.45, 7) is 4.21. The zero-order chi connectivity index (χ0) is 15.6. The van der Waals surface area contributed by atoms with Gasteiger partial charge in [-0.25, -0.2) is 9.78 Å². The molecule has 0 atom stereocenters. The van der Waals surface area contributed by atoms with Crippen LogP contribution in [0.2, 0.25) is 0 Å². The number of aromatic nitrogens is 3. The third-order valence-electron chi connectivity index (χ3n) is 3.58. The molecule has 0 saturated heterocycles. The fourth-order valence-corrected chi connectivity index (χ4v) is 3.35. The molecule has 5 nitrogen and oxygen atoms in total. The highest BCUT2D eigenvalue weighted by molar-refractivity contribution is 7.99. The predicted octanol–water partition coefficient (Wildman–Crippen LogP) is 2.09. The van der Waals surface area contributed by atoms with E-state index in [0.29, 0.717) is 11.0 Å². The van der Waals surface area contributed by atoms with E-state index in [1.54, 1.807) is 18.8 Å². The Morgan fingerprint density at radius 2 is 1.90 bits per heavy atom. The van der Waals surface area contributed by atoms with Crippen LogP contribution in [0.1, 0.15) is 32.3 Å². The van der Waals surface area contributed by atoms with Crippen molar-refractivity contribution in [2.45, 2.75) is 38.0 Å². The molecule has 2 aromatic heterocycles. The third kappa shape index (κ3) is 2.77. The molecule has 0 unspecified atom stereocenters. The molecule has 0 aliphatic rings. The number of pyridine rings is 1. The van der Waals surface area contributed by atoms with Crippen LogP contribution in [-0.4, -0.2) is 19.9 Å². The van der Waals surface area contributed by atoms with Gasteiger partial charge < -0.3 is 0 Å². The monoisotopic (exact) mass is 307 g/mol. The molecule has 0 N–H and O–H groups in total. The molecule has 114 valence electrons. The summed E-state index contributed by atoms with van der Waals surface area (Å²) < 4.78 is 2.60. The average Bonchev–Trinajstić information content (AvgIpc) is 2.49. The Labute approximate surface area is 128 Å². The average molecular weight is 307 g/mol. The maximum absolute atomic E-state index is 12.5. The van der Waals surface area contributed by atoms with Gasteiger partial charge in [-0.3, -0.25) is 13.9 Å². The van der Waals surface area contributed by atoms with E-state index in [2.05, 4.69) is 18.8 Å². The van der Waals surface area contributed by atoms with Crippen LogP contribution in [0.25, 0.3) is 11.0 Å². The number of aryl methyl sites for hydroxylation is 2. The highest BCUT2D eigenvalue weighted by atomic mass is 32.2. The SMILES string of the molecule is CCCCc1cnc2c(c1SCC)c(=O)n(C)c(=O)n2C. The van der Waals surface area contributed by atoms with Crippen molar-refractivity contribution in [3.05, 3.63) is 32.6 Å². The number of rotatable bonds is 5. The fraction of sp³-hybridized carbons (Fsp3) is 0.533. The normalized spacial score (nSPS) is 11.2. The third-order valence-corrected chi connectivity index (χ3v) is 4.63. The Balaban J connectivity index is 2.85. The van der Waals surface area contributed by atoms with E-state index in [1.807, 2.05) is 6.20 Å². The van der Waals surface area contributed by atoms with E-state index < -0.39 is 0 Å². The van der Waals surface area contributed by atoms with Crippen LogP contribution < -0.4 is 11.2 Å². The molecule has 0 aromatic carbocycles. The standard InChI is InChI=1S/C15H21N3O2S/c1-5-7-8-10-9-16-13-11(12(10)21-6-2)14(19)18(4)15(20)17(13)3/h9H,5-8H2,1-4H3. The summed E-state index contributed by atoms with van der Waals surface area (Å²) in [4.78, 5) is 29.9. The summed E-state index contributed by atoms with van der Waals surface area (Å²) in [7, 11) is 3.17. The maximum Gasteiger partial charge on any atom is 0.332 e. The van der Waals surface area contributed by atoms with Gasteiger partial charge in [-0.2, -0.15) is 0 Å². The molecule has 0 aliphatic carbocycles. The van der Waals surface area contributed by atoms with Gasteiger partial charge in [-0.05, 0) is 24.2 Å². The molecule has 6 heteroatoms. The molecule has 0 amide bonds. The van der Waals surface area contributed by atoms with Crippen LogP contribution in [0.5, 0.6) is 0 Å². The van der Waals surface area contributed by atoms with E-state index in [9.17, 15) is 9.59 Å². The number of nitrogens with zero attached hydrogens (tertiary/aromatic N) is 3. The van der Waals surface area contributed by atoms with Crippen LogP contribution >= 0.6 is 11.8 Å². The lowest BCUT2D eigenvalue weighted by molar-refractivity contribution is 0.703. The minimum absolute atomic E-state index is 0.255. The van der Waals surface area contributed by atoms with Gasteiger partial charge in [0.05, 0.1) is 5.39 Å². The van der Waals surface area contributed by atoms with Crippen molar-refractivity contribution in [2.24, 2.45) is 14.1 Å². The van der Waals surface area contributed by atoms with Gasteiger partial charge in [-0.1, -0.05) is 20.3 Å². The Bertz CT molecular complexity index is 777. The van der Waals surface area contributed by atoms with Crippen molar-refractivity contribution in [1.82, 2.24) is 14.1 Å². The Morgan fingerprint density at radius 3 is 2.52 bits per heavy atom. The van der Waals surface area contributed by atoms with Gasteiger partial charge in [0.1, 0.15) is 5.65 Å². The van der Waals surface area contributed by atoms with Crippen molar-refractivity contribution in [2.75, 3.05) is 5.75 Å². The molecule has 0 spiro atoms. The van der Waals surface area contributed by atoms with E-state index in [-0.39, 0.29) is 11.2 Å². The second-order valence-corrected chi connectivity index (χ2v) is 6.33. The molecule has 0 saturated carbocycles. The van der Waals surface area contributed by atoms with E-state index in [4.69, 9.17) is 0 Å². The van der Waals surface area contributed by atoms with Crippen molar-refractivity contribution in [3.63, 3.8) is 0 Å². The number of unbranched alkanes of at least 4 members (excludes halogenated alkanes) is 1. The zero-order valence-corrected chi connectivity index (χ0v) is 13.8. The Morgan fingerprint density at radius 1 is 1.19 bits per heavy atom. The van der Waals surface area contributed by atoms with Crippen molar-refractivity contribution >= 4 is 22.8 Å². The van der Waals surface area contributed by atoms with Crippen LogP contribution in [0.15, 0.2) is 20.7 Å². The van der Waals surface area contributed by atoms with E-state index in [0.717, 1.165) is 40.0 Å². The summed E-state index contributed by atoms with van der Waals surface area (Å²) in [5, 5.41) is 0.569. The first-order valence-electron chi connectivity index (χ1n) is 7.23. The fourth-order valence-electron chi connectivity index (χ4n) is 2.40. The Hall–Kier alpha value is -1.56. The van der Waals surface area contributed by atoms with Gasteiger partial charge >= 0.3 is 5.69 Å².